The van der Waals surface area contributed by atoms with Gasteiger partial charge in [0.25, 0.3) is 0 Å². The molecule has 1 aliphatic carbocycles. The lowest BCUT2D eigenvalue weighted by Crippen LogP contribution is -2.56. The molecule has 37 heavy (non-hydrogen) atoms. The molecule has 4 aliphatic rings. The van der Waals surface area contributed by atoms with Gasteiger partial charge >= 0.3 is 0 Å². The first-order valence-corrected chi connectivity index (χ1v) is 13.7. The summed E-state index contributed by atoms with van der Waals surface area (Å²) in [6.45, 7) is 5.10. The highest BCUT2D eigenvalue weighted by molar-refractivity contribution is 6.02. The summed E-state index contributed by atoms with van der Waals surface area (Å²) >= 11 is 0. The Bertz CT molecular complexity index is 1050. The van der Waals surface area contributed by atoms with Gasteiger partial charge in [0.15, 0.2) is 0 Å². The van der Waals surface area contributed by atoms with Crippen molar-refractivity contribution in [3.8, 4) is 0 Å². The molecule has 200 valence electrons. The first kappa shape index (κ1) is 25.9. The van der Waals surface area contributed by atoms with Gasteiger partial charge in [-0.2, -0.15) is 0 Å². The minimum absolute atomic E-state index is 0.114. The van der Waals surface area contributed by atoms with Gasteiger partial charge < -0.3 is 25.0 Å². The average Bonchev–Trinajstić information content (AvgIpc) is 3.52. The SMILES string of the molecule is COCCCN1C(=O)[C@@H]2[C@@H](C(=O)Nc3ccc(C(C)C)cc3)[C@@H]3C=C[C@@]2(O3)[C@@H]1C(=O)NC1CCCCC1. The molecule has 2 bridgehead atoms. The topological polar surface area (TPSA) is 97.0 Å². The standard InChI is InChI=1S/C29H39N3O5/c1-18(2)19-10-12-21(13-11-19)30-26(33)23-22-14-15-29(37-22)24(23)28(35)32(16-7-17-36-3)25(29)27(34)31-20-8-5-4-6-9-20/h10-15,18,20,22-25H,4-9,16-17H2,1-3H3,(H,30,33)(H,31,34)/t22-,23-,24-,25-,29-/m0/s1. The molecule has 3 fully saturated rings. The van der Waals surface area contributed by atoms with E-state index in [4.69, 9.17) is 9.47 Å². The number of carbonyl (C=O) groups excluding carboxylic acids is 3. The summed E-state index contributed by atoms with van der Waals surface area (Å²) in [7, 11) is 1.62. The summed E-state index contributed by atoms with van der Waals surface area (Å²) in [5.41, 5.74) is 0.744. The second-order valence-corrected chi connectivity index (χ2v) is 11.2. The fraction of sp³-hybridized carbons (Fsp3) is 0.621. The third-order valence-corrected chi connectivity index (χ3v) is 8.47. The molecular weight excluding hydrogens is 470 g/mol. The first-order chi connectivity index (χ1) is 17.9. The van der Waals surface area contributed by atoms with Crippen LogP contribution in [-0.4, -0.2) is 66.7 Å². The van der Waals surface area contributed by atoms with Gasteiger partial charge in [0.1, 0.15) is 11.6 Å². The fourth-order valence-corrected chi connectivity index (χ4v) is 6.59. The zero-order valence-corrected chi connectivity index (χ0v) is 22.1. The molecule has 1 spiro atoms. The number of likely N-dealkylation sites (tertiary alicyclic amines) is 1. The third kappa shape index (κ3) is 4.70. The van der Waals surface area contributed by atoms with Crippen LogP contribution in [0.25, 0.3) is 0 Å². The number of nitrogens with one attached hydrogen (secondary N) is 2. The highest BCUT2D eigenvalue weighted by atomic mass is 16.5. The maximum Gasteiger partial charge on any atom is 0.246 e. The number of hydrogen-bond donors (Lipinski definition) is 2. The maximum absolute atomic E-state index is 13.9. The average molecular weight is 510 g/mol. The van der Waals surface area contributed by atoms with Gasteiger partial charge in [-0.05, 0) is 42.9 Å². The molecule has 3 aliphatic heterocycles. The normalized spacial score (nSPS) is 30.7. The zero-order chi connectivity index (χ0) is 26.2. The van der Waals surface area contributed by atoms with Gasteiger partial charge in [-0.1, -0.05) is 57.4 Å². The Morgan fingerprint density at radius 1 is 1.14 bits per heavy atom. The second kappa shape index (κ2) is 10.6. The van der Waals surface area contributed by atoms with Crippen LogP contribution in [0.3, 0.4) is 0 Å². The van der Waals surface area contributed by atoms with E-state index in [1.54, 1.807) is 12.0 Å². The molecule has 3 heterocycles. The molecule has 3 amide bonds. The van der Waals surface area contributed by atoms with Crippen LogP contribution < -0.4 is 10.6 Å². The predicted octanol–water partition coefficient (Wildman–Crippen LogP) is 3.38. The number of anilines is 1. The van der Waals surface area contributed by atoms with Crippen LogP contribution in [0.1, 0.15) is 63.9 Å². The van der Waals surface area contributed by atoms with Crippen molar-refractivity contribution in [2.75, 3.05) is 25.6 Å². The van der Waals surface area contributed by atoms with Crippen LogP contribution in [-0.2, 0) is 23.9 Å². The monoisotopic (exact) mass is 509 g/mol. The van der Waals surface area contributed by atoms with Crippen molar-refractivity contribution in [3.05, 3.63) is 42.0 Å². The highest BCUT2D eigenvalue weighted by Crippen LogP contribution is 2.55. The van der Waals surface area contributed by atoms with Crippen molar-refractivity contribution in [2.45, 2.75) is 82.1 Å². The van der Waals surface area contributed by atoms with Crippen molar-refractivity contribution in [3.63, 3.8) is 0 Å². The van der Waals surface area contributed by atoms with E-state index in [0.717, 1.165) is 25.7 Å². The number of hydrogen-bond acceptors (Lipinski definition) is 5. The molecule has 1 aromatic rings. The largest absolute Gasteiger partial charge is 0.385 e. The van der Waals surface area contributed by atoms with E-state index in [-0.39, 0.29) is 23.8 Å². The van der Waals surface area contributed by atoms with Crippen molar-refractivity contribution in [1.29, 1.82) is 0 Å². The number of amides is 3. The molecule has 1 aromatic carbocycles. The Morgan fingerprint density at radius 3 is 2.54 bits per heavy atom. The molecule has 0 radical (unpaired) electrons. The Kier molecular flexibility index (Phi) is 7.41. The molecular formula is C29H39N3O5. The molecule has 8 nitrogen and oxygen atoms in total. The van der Waals surface area contributed by atoms with Crippen LogP contribution in [0.4, 0.5) is 5.69 Å². The van der Waals surface area contributed by atoms with E-state index < -0.39 is 29.6 Å². The number of rotatable bonds is 9. The second-order valence-electron chi connectivity index (χ2n) is 11.2. The summed E-state index contributed by atoms with van der Waals surface area (Å²) in [4.78, 5) is 42.8. The van der Waals surface area contributed by atoms with Crippen LogP contribution in [0, 0.1) is 11.8 Å². The van der Waals surface area contributed by atoms with E-state index in [0.29, 0.717) is 31.2 Å². The van der Waals surface area contributed by atoms with Gasteiger partial charge in [0.05, 0.1) is 17.9 Å². The maximum atomic E-state index is 13.9. The minimum Gasteiger partial charge on any atom is -0.385 e. The lowest BCUT2D eigenvalue weighted by atomic mass is 9.74. The van der Waals surface area contributed by atoms with Gasteiger partial charge in [-0.25, -0.2) is 0 Å². The smallest absolute Gasteiger partial charge is 0.246 e. The van der Waals surface area contributed by atoms with Gasteiger partial charge in [-0.3, -0.25) is 14.4 Å². The van der Waals surface area contributed by atoms with Gasteiger partial charge in [0.2, 0.25) is 17.7 Å². The number of ether oxygens (including phenoxy) is 2. The van der Waals surface area contributed by atoms with E-state index in [1.807, 2.05) is 36.4 Å². The van der Waals surface area contributed by atoms with Crippen LogP contribution in [0.15, 0.2) is 36.4 Å². The van der Waals surface area contributed by atoms with E-state index >= 15 is 0 Å². The minimum atomic E-state index is -1.13. The van der Waals surface area contributed by atoms with E-state index in [9.17, 15) is 14.4 Å². The number of methoxy groups -OCH3 is 1. The van der Waals surface area contributed by atoms with Crippen molar-refractivity contribution in [2.24, 2.45) is 11.8 Å². The molecule has 5 rings (SSSR count). The molecule has 0 aromatic heterocycles. The Hall–Kier alpha value is -2.71. The van der Waals surface area contributed by atoms with Crippen molar-refractivity contribution in [1.82, 2.24) is 10.2 Å². The summed E-state index contributed by atoms with van der Waals surface area (Å²) in [6.07, 6.45) is 9.07. The molecule has 0 unspecified atom stereocenters. The lowest BCUT2D eigenvalue weighted by molar-refractivity contribution is -0.141. The molecule has 2 N–H and O–H groups in total. The number of nitrogens with zero attached hydrogens (tertiary/aromatic N) is 1. The predicted molar refractivity (Wildman–Crippen MR) is 140 cm³/mol. The van der Waals surface area contributed by atoms with Crippen molar-refractivity contribution < 1.29 is 23.9 Å². The Balaban J connectivity index is 1.39. The van der Waals surface area contributed by atoms with E-state index in [2.05, 4.69) is 24.5 Å². The molecule has 1 saturated carbocycles. The molecule has 2 saturated heterocycles. The lowest BCUT2D eigenvalue weighted by Gasteiger charge is -2.34. The third-order valence-electron chi connectivity index (χ3n) is 8.47. The molecule has 5 atom stereocenters. The number of benzene rings is 1. The number of fused-ring (bicyclic) bond motifs is 1. The first-order valence-electron chi connectivity index (χ1n) is 13.7. The van der Waals surface area contributed by atoms with Gasteiger partial charge in [-0.15, -0.1) is 0 Å². The summed E-state index contributed by atoms with van der Waals surface area (Å²) in [5.74, 6) is -1.66. The summed E-state index contributed by atoms with van der Waals surface area (Å²) in [6, 6.07) is 7.10. The fourth-order valence-electron chi connectivity index (χ4n) is 6.59. The Labute approximate surface area is 219 Å². The summed E-state index contributed by atoms with van der Waals surface area (Å²) < 4.78 is 11.6. The van der Waals surface area contributed by atoms with Crippen LogP contribution in [0.5, 0.6) is 0 Å². The van der Waals surface area contributed by atoms with Crippen LogP contribution >= 0.6 is 0 Å². The quantitative estimate of drug-likeness (QED) is 0.393. The highest BCUT2D eigenvalue weighted by Gasteiger charge is 2.72. The summed E-state index contributed by atoms with van der Waals surface area (Å²) in [5, 5.41) is 6.21. The van der Waals surface area contributed by atoms with Crippen molar-refractivity contribution >= 4 is 23.4 Å². The van der Waals surface area contributed by atoms with Crippen LogP contribution in [0.2, 0.25) is 0 Å². The molecule has 8 heteroatoms. The zero-order valence-electron chi connectivity index (χ0n) is 22.1. The van der Waals surface area contributed by atoms with Gasteiger partial charge in [0, 0.05) is 32.0 Å². The Morgan fingerprint density at radius 2 is 1.86 bits per heavy atom. The number of carbonyl (C=O) groups is 3. The van der Waals surface area contributed by atoms with E-state index in [1.165, 1.54) is 12.0 Å².